The first-order valence-electron chi connectivity index (χ1n) is 4.66. The maximum atomic E-state index is 11.2. The summed E-state index contributed by atoms with van der Waals surface area (Å²) < 4.78 is 0. The summed E-state index contributed by atoms with van der Waals surface area (Å²) >= 11 is 0. The molecule has 0 radical (unpaired) electrons. The number of hydrogen-bond acceptors (Lipinski definition) is 2. The first kappa shape index (κ1) is 12.0. The third kappa shape index (κ3) is 1.69. The Bertz CT molecular complexity index is 440. The van der Waals surface area contributed by atoms with E-state index in [1.165, 1.54) is 24.3 Å². The first-order chi connectivity index (χ1) is 7.47. The highest BCUT2D eigenvalue weighted by molar-refractivity contribution is 5.94. The van der Waals surface area contributed by atoms with Crippen LogP contribution in [-0.4, -0.2) is 22.2 Å². The minimum atomic E-state index is -1.33. The van der Waals surface area contributed by atoms with Crippen LogP contribution >= 0.6 is 0 Å². The second-order valence-electron chi connectivity index (χ2n) is 3.36. The Labute approximate surface area is 92.9 Å². The fourth-order valence-corrected chi connectivity index (χ4v) is 1.58. The molecule has 1 unspecified atom stereocenters. The molecule has 0 spiro atoms. The topological polar surface area (TPSA) is 74.6 Å². The molecule has 1 atom stereocenters. The Kier molecular flexibility index (Phi) is 3.13. The highest BCUT2D eigenvalue weighted by atomic mass is 16.4. The van der Waals surface area contributed by atoms with Crippen molar-refractivity contribution in [2.75, 3.05) is 0 Å². The number of rotatable bonds is 3. The average molecular weight is 220 g/mol. The Balaban J connectivity index is 3.33. The van der Waals surface area contributed by atoms with Gasteiger partial charge in [-0.15, -0.1) is 6.58 Å². The number of carboxylic acids is 2. The standard InChI is InChI=1S/C12H12O4/c1-3-9-7-8(10(13)14)5-6-12(9,4-2)11(15)16/h3-7H,2H2,1H3,(H,13,14)(H,15,16). The fourth-order valence-electron chi connectivity index (χ4n) is 1.58. The minimum Gasteiger partial charge on any atom is -0.480 e. The lowest BCUT2D eigenvalue weighted by molar-refractivity contribution is -0.142. The van der Waals surface area contributed by atoms with Crippen LogP contribution in [0.15, 0.2) is 48.1 Å². The zero-order valence-electron chi connectivity index (χ0n) is 8.80. The number of carboxylic acid groups (broad SMARTS) is 2. The van der Waals surface area contributed by atoms with Crippen molar-refractivity contribution in [1.29, 1.82) is 0 Å². The summed E-state index contributed by atoms with van der Waals surface area (Å²) in [6.45, 7) is 5.15. The Morgan fingerprint density at radius 3 is 2.44 bits per heavy atom. The average Bonchev–Trinajstić information content (AvgIpc) is 2.27. The largest absolute Gasteiger partial charge is 0.480 e. The summed E-state index contributed by atoms with van der Waals surface area (Å²) in [5.74, 6) is -2.16. The molecular weight excluding hydrogens is 208 g/mol. The van der Waals surface area contributed by atoms with Gasteiger partial charge in [-0.1, -0.05) is 18.2 Å². The molecule has 0 bridgehead atoms. The molecule has 2 N–H and O–H groups in total. The van der Waals surface area contributed by atoms with Gasteiger partial charge in [0.25, 0.3) is 0 Å². The van der Waals surface area contributed by atoms with E-state index in [0.29, 0.717) is 5.57 Å². The molecule has 0 aromatic rings. The summed E-state index contributed by atoms with van der Waals surface area (Å²) in [6, 6.07) is 0. The van der Waals surface area contributed by atoms with E-state index < -0.39 is 17.4 Å². The predicted octanol–water partition coefficient (Wildman–Crippen LogP) is 1.77. The van der Waals surface area contributed by atoms with E-state index in [0.717, 1.165) is 0 Å². The number of hydrogen-bond donors (Lipinski definition) is 2. The second kappa shape index (κ2) is 4.18. The lowest BCUT2D eigenvalue weighted by atomic mass is 9.75. The maximum Gasteiger partial charge on any atom is 0.335 e. The van der Waals surface area contributed by atoms with Gasteiger partial charge in [0.1, 0.15) is 5.41 Å². The minimum absolute atomic E-state index is 0.0619. The van der Waals surface area contributed by atoms with Crippen molar-refractivity contribution in [3.63, 3.8) is 0 Å². The van der Waals surface area contributed by atoms with E-state index in [1.807, 2.05) is 0 Å². The second-order valence-corrected chi connectivity index (χ2v) is 3.36. The van der Waals surface area contributed by atoms with Gasteiger partial charge in [-0.2, -0.15) is 0 Å². The summed E-state index contributed by atoms with van der Waals surface area (Å²) in [7, 11) is 0. The smallest absolute Gasteiger partial charge is 0.335 e. The molecule has 0 saturated carbocycles. The van der Waals surface area contributed by atoms with Crippen LogP contribution in [0.2, 0.25) is 0 Å². The number of allylic oxidation sites excluding steroid dienone is 2. The van der Waals surface area contributed by atoms with Crippen LogP contribution in [0.5, 0.6) is 0 Å². The molecule has 84 valence electrons. The predicted molar refractivity (Wildman–Crippen MR) is 58.9 cm³/mol. The Morgan fingerprint density at radius 1 is 1.44 bits per heavy atom. The van der Waals surface area contributed by atoms with E-state index in [-0.39, 0.29) is 5.57 Å². The van der Waals surface area contributed by atoms with E-state index in [9.17, 15) is 14.7 Å². The van der Waals surface area contributed by atoms with Crippen molar-refractivity contribution in [3.05, 3.63) is 48.1 Å². The van der Waals surface area contributed by atoms with E-state index in [1.54, 1.807) is 13.0 Å². The molecule has 16 heavy (non-hydrogen) atoms. The van der Waals surface area contributed by atoms with E-state index in [2.05, 4.69) is 6.58 Å². The molecule has 4 nitrogen and oxygen atoms in total. The maximum absolute atomic E-state index is 11.2. The molecule has 0 aromatic carbocycles. The lowest BCUT2D eigenvalue weighted by Gasteiger charge is -2.26. The first-order valence-corrected chi connectivity index (χ1v) is 4.66. The third-order valence-corrected chi connectivity index (χ3v) is 2.55. The fraction of sp³-hybridized carbons (Fsp3) is 0.167. The van der Waals surface area contributed by atoms with Gasteiger partial charge in [-0.25, -0.2) is 4.79 Å². The molecule has 1 aliphatic rings. The monoisotopic (exact) mass is 220 g/mol. The molecule has 0 aromatic heterocycles. The van der Waals surface area contributed by atoms with Gasteiger partial charge < -0.3 is 10.2 Å². The van der Waals surface area contributed by atoms with Crippen molar-refractivity contribution in [2.45, 2.75) is 6.92 Å². The van der Waals surface area contributed by atoms with Crippen LogP contribution in [0.25, 0.3) is 0 Å². The summed E-state index contributed by atoms with van der Waals surface area (Å²) in [5.41, 5.74) is -0.866. The van der Waals surface area contributed by atoms with Crippen molar-refractivity contribution >= 4 is 11.9 Å². The van der Waals surface area contributed by atoms with Gasteiger partial charge in [0.05, 0.1) is 5.57 Å². The van der Waals surface area contributed by atoms with Gasteiger partial charge in [0.15, 0.2) is 0 Å². The van der Waals surface area contributed by atoms with Crippen molar-refractivity contribution in [1.82, 2.24) is 0 Å². The van der Waals surface area contributed by atoms with Gasteiger partial charge in [0.2, 0.25) is 0 Å². The molecule has 1 rings (SSSR count). The molecular formula is C12H12O4. The Morgan fingerprint density at radius 2 is 2.06 bits per heavy atom. The summed E-state index contributed by atoms with van der Waals surface area (Å²) in [6.07, 6.45) is 6.82. The molecule has 0 aliphatic heterocycles. The van der Waals surface area contributed by atoms with Crippen LogP contribution in [-0.2, 0) is 9.59 Å². The van der Waals surface area contributed by atoms with Crippen LogP contribution < -0.4 is 0 Å². The highest BCUT2D eigenvalue weighted by Crippen LogP contribution is 2.36. The number of carbonyl (C=O) groups is 2. The van der Waals surface area contributed by atoms with Crippen LogP contribution in [0.3, 0.4) is 0 Å². The molecule has 0 amide bonds. The number of aliphatic carboxylic acids is 2. The molecule has 0 fully saturated rings. The highest BCUT2D eigenvalue weighted by Gasteiger charge is 2.37. The molecule has 0 heterocycles. The normalized spacial score (nSPS) is 26.3. The van der Waals surface area contributed by atoms with Gasteiger partial charge in [-0.05, 0) is 24.6 Å². The van der Waals surface area contributed by atoms with Gasteiger partial charge in [0, 0.05) is 0 Å². The van der Waals surface area contributed by atoms with Crippen LogP contribution in [0.1, 0.15) is 6.92 Å². The van der Waals surface area contributed by atoms with Crippen molar-refractivity contribution in [3.8, 4) is 0 Å². The molecule has 1 aliphatic carbocycles. The van der Waals surface area contributed by atoms with Crippen LogP contribution in [0, 0.1) is 5.41 Å². The molecule has 4 heteroatoms. The SMILES string of the molecule is C=CC1(C(=O)O)C=CC(C(=O)O)=CC1=CC. The van der Waals surface area contributed by atoms with E-state index >= 15 is 0 Å². The van der Waals surface area contributed by atoms with Crippen molar-refractivity contribution < 1.29 is 19.8 Å². The quantitative estimate of drug-likeness (QED) is 0.711. The third-order valence-electron chi connectivity index (χ3n) is 2.55. The van der Waals surface area contributed by atoms with Gasteiger partial charge in [-0.3, -0.25) is 4.79 Å². The summed E-state index contributed by atoms with van der Waals surface area (Å²) in [5, 5.41) is 18.0. The molecule has 0 saturated heterocycles. The van der Waals surface area contributed by atoms with Crippen LogP contribution in [0.4, 0.5) is 0 Å². The van der Waals surface area contributed by atoms with Crippen molar-refractivity contribution in [2.24, 2.45) is 5.41 Å². The zero-order valence-corrected chi connectivity index (χ0v) is 8.80. The van der Waals surface area contributed by atoms with Gasteiger partial charge >= 0.3 is 11.9 Å². The summed E-state index contributed by atoms with van der Waals surface area (Å²) in [4.78, 5) is 22.0. The Hall–Kier alpha value is -2.10. The zero-order chi connectivity index (χ0) is 12.3. The lowest BCUT2D eigenvalue weighted by Crippen LogP contribution is -2.30. The van der Waals surface area contributed by atoms with E-state index in [4.69, 9.17) is 5.11 Å².